The molecule has 2 aromatic rings. The molecule has 2 aliphatic rings. The molecule has 0 aromatic heterocycles. The molecule has 2 amide bonds. The molecule has 2 heterocycles. The van der Waals surface area contributed by atoms with Crippen LogP contribution in [0.1, 0.15) is 25.8 Å². The third kappa shape index (κ3) is 3.22. The van der Waals surface area contributed by atoms with E-state index >= 15 is 0 Å². The van der Waals surface area contributed by atoms with Crippen LogP contribution in [0, 0.1) is 17.7 Å². The number of ether oxygens (including phenoxy) is 1. The number of fused-ring (bicyclic) bond motifs is 2. The number of carbonyl (C=O) groups excluding carboxylic acids is 2. The number of halogens is 2. The van der Waals surface area contributed by atoms with E-state index in [0.29, 0.717) is 34.1 Å². The molecule has 2 aromatic carbocycles. The average molecular weight is 432 g/mol. The number of nitrogens with one attached hydrogen (secondary N) is 3. The highest BCUT2D eigenvalue weighted by molar-refractivity contribution is 6.31. The molecule has 1 saturated heterocycles. The predicted molar refractivity (Wildman–Crippen MR) is 113 cm³/mol. The lowest BCUT2D eigenvalue weighted by atomic mass is 9.79. The Bertz CT molecular complexity index is 1030. The second-order valence-electron chi connectivity index (χ2n) is 8.07. The molecule has 0 aliphatic carbocycles. The summed E-state index contributed by atoms with van der Waals surface area (Å²) in [5, 5.41) is 9.46. The second-order valence-corrected chi connectivity index (χ2v) is 8.51. The summed E-state index contributed by atoms with van der Waals surface area (Å²) < 4.78 is 19.4. The van der Waals surface area contributed by atoms with Crippen LogP contribution in [0.3, 0.4) is 0 Å². The zero-order valence-corrected chi connectivity index (χ0v) is 17.6. The number of methoxy groups -OCH3 is 1. The number of anilines is 2. The quantitative estimate of drug-likeness (QED) is 0.685. The van der Waals surface area contributed by atoms with Crippen LogP contribution in [0.5, 0.6) is 5.75 Å². The Kier molecular flexibility index (Phi) is 5.20. The highest BCUT2D eigenvalue weighted by atomic mass is 35.5. The van der Waals surface area contributed by atoms with Gasteiger partial charge in [0.05, 0.1) is 18.7 Å². The summed E-state index contributed by atoms with van der Waals surface area (Å²) in [7, 11) is 1.50. The van der Waals surface area contributed by atoms with Crippen LogP contribution in [0.2, 0.25) is 5.02 Å². The van der Waals surface area contributed by atoms with Crippen molar-refractivity contribution in [1.29, 1.82) is 0 Å². The van der Waals surface area contributed by atoms with E-state index in [2.05, 4.69) is 16.0 Å². The Morgan fingerprint density at radius 3 is 2.77 bits per heavy atom. The maximum absolute atomic E-state index is 14.1. The topological polar surface area (TPSA) is 79.5 Å². The number of hydrogen-bond donors (Lipinski definition) is 3. The molecule has 1 fully saturated rings. The van der Waals surface area contributed by atoms with Gasteiger partial charge in [0.2, 0.25) is 11.8 Å². The molecule has 3 atom stereocenters. The summed E-state index contributed by atoms with van der Waals surface area (Å²) in [5.74, 6) is -1.31. The summed E-state index contributed by atoms with van der Waals surface area (Å²) >= 11 is 6.08. The van der Waals surface area contributed by atoms with Crippen LogP contribution in [-0.2, 0) is 15.1 Å². The summed E-state index contributed by atoms with van der Waals surface area (Å²) in [6, 6.07) is 8.95. The van der Waals surface area contributed by atoms with Crippen LogP contribution in [-0.4, -0.2) is 25.0 Å². The molecule has 30 heavy (non-hydrogen) atoms. The fourth-order valence-corrected chi connectivity index (χ4v) is 4.58. The fraction of sp³-hybridized carbons (Fsp3) is 0.364. The number of benzene rings is 2. The van der Waals surface area contributed by atoms with E-state index in [9.17, 15) is 14.0 Å². The van der Waals surface area contributed by atoms with Crippen molar-refractivity contribution in [2.75, 3.05) is 17.7 Å². The van der Waals surface area contributed by atoms with Gasteiger partial charge in [0.25, 0.3) is 0 Å². The molecular formula is C22H23ClFN3O3. The Morgan fingerprint density at radius 2 is 2.07 bits per heavy atom. The van der Waals surface area contributed by atoms with E-state index < -0.39 is 17.3 Å². The molecule has 2 aliphatic heterocycles. The minimum atomic E-state index is -1.34. The van der Waals surface area contributed by atoms with Crippen LogP contribution in [0.4, 0.5) is 15.8 Å². The van der Waals surface area contributed by atoms with E-state index in [0.717, 1.165) is 0 Å². The van der Waals surface area contributed by atoms with Gasteiger partial charge >= 0.3 is 0 Å². The molecule has 0 bridgehead atoms. The third-order valence-corrected chi connectivity index (χ3v) is 6.21. The van der Waals surface area contributed by atoms with Crippen LogP contribution < -0.4 is 20.7 Å². The van der Waals surface area contributed by atoms with Gasteiger partial charge in [-0.25, -0.2) is 4.39 Å². The van der Waals surface area contributed by atoms with E-state index in [4.69, 9.17) is 16.3 Å². The molecule has 4 rings (SSSR count). The highest BCUT2D eigenvalue weighted by Crippen LogP contribution is 2.48. The fourth-order valence-electron chi connectivity index (χ4n) is 4.41. The smallest absolute Gasteiger partial charge is 0.250 e. The number of hydrogen-bond acceptors (Lipinski definition) is 4. The first-order valence-electron chi connectivity index (χ1n) is 9.80. The minimum Gasteiger partial charge on any atom is -0.495 e. The molecule has 3 unspecified atom stereocenters. The monoisotopic (exact) mass is 431 g/mol. The van der Waals surface area contributed by atoms with Crippen molar-refractivity contribution in [3.63, 3.8) is 0 Å². The van der Waals surface area contributed by atoms with Crippen LogP contribution in [0.25, 0.3) is 0 Å². The van der Waals surface area contributed by atoms with Gasteiger partial charge in [0.15, 0.2) is 0 Å². The van der Waals surface area contributed by atoms with Crippen LogP contribution in [0.15, 0.2) is 36.4 Å². The maximum atomic E-state index is 14.1. The van der Waals surface area contributed by atoms with Gasteiger partial charge in [0.1, 0.15) is 17.1 Å². The van der Waals surface area contributed by atoms with Crippen molar-refractivity contribution in [1.82, 2.24) is 5.32 Å². The number of carbonyl (C=O) groups is 2. The predicted octanol–water partition coefficient (Wildman–Crippen LogP) is 3.91. The van der Waals surface area contributed by atoms with E-state index in [1.54, 1.807) is 18.2 Å². The molecular weight excluding hydrogens is 409 g/mol. The van der Waals surface area contributed by atoms with E-state index in [1.807, 2.05) is 13.8 Å². The normalized spacial score (nSPS) is 24.8. The van der Waals surface area contributed by atoms with E-state index in [1.165, 1.54) is 25.3 Å². The SMILES string of the molecule is COc1ccc(Cl)cc1NC(=O)C1CC(C(C)C)NC12C(=O)Nc1ccc(F)cc12. The van der Waals surface area contributed by atoms with Crippen molar-refractivity contribution in [3.05, 3.63) is 52.8 Å². The van der Waals surface area contributed by atoms with Crippen molar-refractivity contribution in [2.24, 2.45) is 11.8 Å². The first kappa shape index (κ1) is 20.6. The summed E-state index contributed by atoms with van der Waals surface area (Å²) in [6.45, 7) is 4.04. The number of amides is 2. The largest absolute Gasteiger partial charge is 0.495 e. The zero-order valence-electron chi connectivity index (χ0n) is 16.9. The molecule has 158 valence electrons. The molecule has 6 nitrogen and oxygen atoms in total. The van der Waals surface area contributed by atoms with Gasteiger partial charge in [0, 0.05) is 22.3 Å². The van der Waals surface area contributed by atoms with Gasteiger partial charge in [-0.3, -0.25) is 14.9 Å². The second kappa shape index (κ2) is 7.56. The van der Waals surface area contributed by atoms with Gasteiger partial charge in [-0.05, 0) is 48.7 Å². The first-order chi connectivity index (χ1) is 14.3. The summed E-state index contributed by atoms with van der Waals surface area (Å²) in [4.78, 5) is 26.6. The van der Waals surface area contributed by atoms with Gasteiger partial charge in [-0.2, -0.15) is 0 Å². The van der Waals surface area contributed by atoms with Crippen molar-refractivity contribution >= 4 is 34.8 Å². The Morgan fingerprint density at radius 1 is 1.30 bits per heavy atom. The van der Waals surface area contributed by atoms with Crippen molar-refractivity contribution < 1.29 is 18.7 Å². The lowest BCUT2D eigenvalue weighted by Gasteiger charge is -2.29. The standard InChI is InChI=1S/C22H23ClFN3O3/c1-11(2)17-10-15(20(28)25-18-8-12(23)4-7-19(18)30-3)22(27-17)14-9-13(24)5-6-16(14)26-21(22)29/h4-9,11,15,17,27H,10H2,1-3H3,(H,25,28)(H,26,29). The number of rotatable bonds is 4. The average Bonchev–Trinajstić information content (AvgIpc) is 3.23. The highest BCUT2D eigenvalue weighted by Gasteiger charge is 2.60. The first-order valence-corrected chi connectivity index (χ1v) is 10.2. The van der Waals surface area contributed by atoms with Gasteiger partial charge in [-0.15, -0.1) is 0 Å². The lowest BCUT2D eigenvalue weighted by molar-refractivity contribution is -0.130. The maximum Gasteiger partial charge on any atom is 0.250 e. The van der Waals surface area contributed by atoms with Crippen molar-refractivity contribution in [3.8, 4) is 5.75 Å². The Balaban J connectivity index is 1.76. The molecule has 8 heteroatoms. The van der Waals surface area contributed by atoms with Crippen molar-refractivity contribution in [2.45, 2.75) is 31.8 Å². The van der Waals surface area contributed by atoms with E-state index in [-0.39, 0.29) is 23.8 Å². The van der Waals surface area contributed by atoms with Crippen LogP contribution >= 0.6 is 11.6 Å². The molecule has 0 saturated carbocycles. The van der Waals surface area contributed by atoms with Gasteiger partial charge < -0.3 is 15.4 Å². The minimum absolute atomic E-state index is 0.0954. The Labute approximate surface area is 179 Å². The molecule has 1 spiro atoms. The molecule has 0 radical (unpaired) electrons. The summed E-state index contributed by atoms with van der Waals surface area (Å²) in [5.41, 5.74) is 0.0312. The third-order valence-electron chi connectivity index (χ3n) is 5.98. The van der Waals surface area contributed by atoms with Gasteiger partial charge in [-0.1, -0.05) is 25.4 Å². The Hall–Kier alpha value is -2.64. The lowest BCUT2D eigenvalue weighted by Crippen LogP contribution is -2.52. The zero-order chi connectivity index (χ0) is 21.6. The summed E-state index contributed by atoms with van der Waals surface area (Å²) in [6.07, 6.45) is 0.426. The molecule has 3 N–H and O–H groups in total.